The zero-order valence-electron chi connectivity index (χ0n) is 12.8. The molecule has 0 bridgehead atoms. The Morgan fingerprint density at radius 3 is 2.77 bits per heavy atom. The van der Waals surface area contributed by atoms with E-state index in [2.05, 4.69) is 52.2 Å². The number of aromatic nitrogens is 2. The number of benzene rings is 1. The molecule has 2 heterocycles. The van der Waals surface area contributed by atoms with Crippen molar-refractivity contribution in [1.29, 1.82) is 0 Å². The Kier molecular flexibility index (Phi) is 3.34. The zero-order chi connectivity index (χ0) is 14.9. The van der Waals surface area contributed by atoms with Crippen LogP contribution in [-0.2, 0) is 0 Å². The van der Waals surface area contributed by atoms with Crippen LogP contribution in [0, 0.1) is 0 Å². The van der Waals surface area contributed by atoms with Crippen molar-refractivity contribution in [2.75, 3.05) is 4.90 Å². The van der Waals surface area contributed by atoms with E-state index < -0.39 is 0 Å². The van der Waals surface area contributed by atoms with E-state index in [1.165, 1.54) is 48.9 Å². The number of nitrogens with one attached hydrogen (secondary N) is 1. The number of rotatable bonds is 2. The van der Waals surface area contributed by atoms with Gasteiger partial charge in [0, 0.05) is 35.3 Å². The molecule has 0 unspecified atom stereocenters. The maximum absolute atomic E-state index is 4.20. The first kappa shape index (κ1) is 13.4. The molecule has 1 aromatic heterocycles. The first-order valence-corrected chi connectivity index (χ1v) is 8.12. The number of fused-ring (bicyclic) bond motifs is 1. The largest absolute Gasteiger partial charge is 0.344 e. The lowest BCUT2D eigenvalue weighted by molar-refractivity contribution is 0.434. The number of hydrogen-bond donors (Lipinski definition) is 1. The van der Waals surface area contributed by atoms with Crippen LogP contribution in [0.2, 0.25) is 0 Å². The summed E-state index contributed by atoms with van der Waals surface area (Å²) >= 11 is 0. The second kappa shape index (κ2) is 5.48. The highest BCUT2D eigenvalue weighted by atomic mass is 15.2. The van der Waals surface area contributed by atoms with E-state index in [-0.39, 0.29) is 0 Å². The summed E-state index contributed by atoms with van der Waals surface area (Å²) in [5.41, 5.74) is 5.97. The minimum Gasteiger partial charge on any atom is -0.344 e. The summed E-state index contributed by atoms with van der Waals surface area (Å²) in [5.74, 6) is 0. The highest BCUT2D eigenvalue weighted by Gasteiger charge is 2.24. The van der Waals surface area contributed by atoms with Crippen molar-refractivity contribution < 1.29 is 0 Å². The van der Waals surface area contributed by atoms with Gasteiger partial charge >= 0.3 is 0 Å². The Hall–Kier alpha value is -2.29. The molecule has 3 heteroatoms. The molecule has 1 fully saturated rings. The SMILES string of the molecule is C=C1C=CN(C2CCCCC2)c2cc(-c3cn[nH]c3)ccc21. The topological polar surface area (TPSA) is 31.9 Å². The summed E-state index contributed by atoms with van der Waals surface area (Å²) in [6.07, 6.45) is 14.8. The quantitative estimate of drug-likeness (QED) is 0.865. The molecule has 0 saturated heterocycles. The van der Waals surface area contributed by atoms with Gasteiger partial charge in [-0.1, -0.05) is 38.0 Å². The third-order valence-electron chi connectivity index (χ3n) is 4.86. The lowest BCUT2D eigenvalue weighted by atomic mass is 9.91. The van der Waals surface area contributed by atoms with E-state index in [9.17, 15) is 0 Å². The van der Waals surface area contributed by atoms with Gasteiger partial charge in [0.1, 0.15) is 0 Å². The van der Waals surface area contributed by atoms with E-state index in [1.54, 1.807) is 0 Å². The number of aromatic amines is 1. The molecule has 1 aromatic carbocycles. The predicted octanol–water partition coefficient (Wildman–Crippen LogP) is 4.76. The van der Waals surface area contributed by atoms with Gasteiger partial charge < -0.3 is 4.90 Å². The molecule has 1 saturated carbocycles. The Labute approximate surface area is 131 Å². The van der Waals surface area contributed by atoms with E-state index in [1.807, 2.05) is 12.4 Å². The third-order valence-corrected chi connectivity index (χ3v) is 4.86. The fourth-order valence-electron chi connectivity index (χ4n) is 3.62. The summed E-state index contributed by atoms with van der Waals surface area (Å²) in [4.78, 5) is 2.47. The summed E-state index contributed by atoms with van der Waals surface area (Å²) in [6, 6.07) is 7.26. The second-order valence-electron chi connectivity index (χ2n) is 6.26. The highest BCUT2D eigenvalue weighted by molar-refractivity contribution is 5.87. The van der Waals surface area contributed by atoms with E-state index >= 15 is 0 Å². The summed E-state index contributed by atoms with van der Waals surface area (Å²) in [6.45, 7) is 4.20. The van der Waals surface area contributed by atoms with Crippen molar-refractivity contribution in [1.82, 2.24) is 10.2 Å². The van der Waals surface area contributed by atoms with Gasteiger partial charge in [0.05, 0.1) is 6.20 Å². The van der Waals surface area contributed by atoms with Gasteiger partial charge in [-0.2, -0.15) is 5.10 Å². The molecule has 0 amide bonds. The molecule has 3 nitrogen and oxygen atoms in total. The minimum atomic E-state index is 0.622. The standard InChI is InChI=1S/C19H21N3/c1-14-9-10-22(17-5-3-2-4-6-17)19-11-15(7-8-18(14)19)16-12-20-21-13-16/h7-13,17H,1-6H2,(H,20,21). The van der Waals surface area contributed by atoms with Crippen LogP contribution < -0.4 is 4.90 Å². The van der Waals surface area contributed by atoms with Gasteiger partial charge in [-0.05, 0) is 36.1 Å². The summed E-state index contributed by atoms with van der Waals surface area (Å²) in [7, 11) is 0. The first-order chi connectivity index (χ1) is 10.8. The number of anilines is 1. The molecule has 0 spiro atoms. The smallest absolute Gasteiger partial charge is 0.0565 e. The van der Waals surface area contributed by atoms with Crippen LogP contribution in [0.4, 0.5) is 5.69 Å². The maximum Gasteiger partial charge on any atom is 0.0565 e. The van der Waals surface area contributed by atoms with Gasteiger partial charge in [-0.3, -0.25) is 5.10 Å². The van der Waals surface area contributed by atoms with E-state index in [4.69, 9.17) is 0 Å². The Morgan fingerprint density at radius 2 is 2.00 bits per heavy atom. The van der Waals surface area contributed by atoms with Gasteiger partial charge in [-0.15, -0.1) is 0 Å². The van der Waals surface area contributed by atoms with Gasteiger partial charge in [-0.25, -0.2) is 0 Å². The normalized spacial score (nSPS) is 18.5. The lowest BCUT2D eigenvalue weighted by Gasteiger charge is -2.37. The molecular weight excluding hydrogens is 270 g/mol. The molecule has 0 radical (unpaired) electrons. The molecule has 2 aliphatic rings. The summed E-state index contributed by atoms with van der Waals surface area (Å²) < 4.78 is 0. The Morgan fingerprint density at radius 1 is 1.14 bits per heavy atom. The van der Waals surface area contributed by atoms with Crippen molar-refractivity contribution in [3.63, 3.8) is 0 Å². The van der Waals surface area contributed by atoms with Crippen LogP contribution >= 0.6 is 0 Å². The van der Waals surface area contributed by atoms with Crippen LogP contribution in [0.15, 0.2) is 49.4 Å². The molecule has 1 aliphatic carbocycles. The second-order valence-corrected chi connectivity index (χ2v) is 6.26. The number of allylic oxidation sites excluding steroid dienone is 2. The summed E-state index contributed by atoms with van der Waals surface area (Å²) in [5, 5.41) is 6.96. The minimum absolute atomic E-state index is 0.622. The van der Waals surface area contributed by atoms with E-state index in [0.29, 0.717) is 6.04 Å². The molecule has 112 valence electrons. The van der Waals surface area contributed by atoms with Gasteiger partial charge in [0.25, 0.3) is 0 Å². The number of nitrogens with zero attached hydrogens (tertiary/aromatic N) is 2. The van der Waals surface area contributed by atoms with Gasteiger partial charge in [0.15, 0.2) is 0 Å². The van der Waals surface area contributed by atoms with E-state index in [0.717, 1.165) is 11.1 Å². The predicted molar refractivity (Wildman–Crippen MR) is 91.5 cm³/mol. The lowest BCUT2D eigenvalue weighted by Crippen LogP contribution is -2.34. The van der Waals surface area contributed by atoms with Crippen LogP contribution in [-0.4, -0.2) is 16.2 Å². The molecule has 1 N–H and O–H groups in total. The maximum atomic E-state index is 4.20. The number of H-pyrrole nitrogens is 1. The Balaban J connectivity index is 1.76. The average Bonchev–Trinajstić information content (AvgIpc) is 3.10. The van der Waals surface area contributed by atoms with Crippen molar-refractivity contribution in [2.24, 2.45) is 0 Å². The molecular formula is C19H21N3. The molecule has 1 aliphatic heterocycles. The first-order valence-electron chi connectivity index (χ1n) is 8.12. The molecule has 4 rings (SSSR count). The zero-order valence-corrected chi connectivity index (χ0v) is 12.8. The van der Waals surface area contributed by atoms with Crippen LogP contribution in [0.3, 0.4) is 0 Å². The van der Waals surface area contributed by atoms with Crippen molar-refractivity contribution in [2.45, 2.75) is 38.1 Å². The van der Waals surface area contributed by atoms with Crippen molar-refractivity contribution >= 4 is 11.3 Å². The van der Waals surface area contributed by atoms with Gasteiger partial charge in [0.2, 0.25) is 0 Å². The van der Waals surface area contributed by atoms with Crippen molar-refractivity contribution in [3.05, 3.63) is 55.0 Å². The Bertz CT molecular complexity index is 706. The third kappa shape index (κ3) is 2.27. The molecule has 2 aromatic rings. The number of hydrogen-bond acceptors (Lipinski definition) is 2. The van der Waals surface area contributed by atoms with Crippen LogP contribution in [0.5, 0.6) is 0 Å². The van der Waals surface area contributed by atoms with Crippen LogP contribution in [0.1, 0.15) is 37.7 Å². The monoisotopic (exact) mass is 291 g/mol. The van der Waals surface area contributed by atoms with Crippen molar-refractivity contribution in [3.8, 4) is 11.1 Å². The molecule has 22 heavy (non-hydrogen) atoms. The highest BCUT2D eigenvalue weighted by Crippen LogP contribution is 2.38. The fourth-order valence-corrected chi connectivity index (χ4v) is 3.62. The fraction of sp³-hybridized carbons (Fsp3) is 0.316. The molecule has 0 atom stereocenters. The average molecular weight is 291 g/mol. The van der Waals surface area contributed by atoms with Crippen LogP contribution in [0.25, 0.3) is 16.7 Å².